The maximum Gasteiger partial charge on any atom is 0.219 e. The fourth-order valence-corrected chi connectivity index (χ4v) is 2.61. The van der Waals surface area contributed by atoms with Crippen LogP contribution in [0.3, 0.4) is 0 Å². The number of rotatable bonds is 3. The monoisotopic (exact) mass is 247 g/mol. The molecule has 2 rings (SSSR count). The SMILES string of the molecule is CCN(C)c1ncccc1C1CCCN1C(C)=O. The lowest BCUT2D eigenvalue weighted by Gasteiger charge is -2.27. The first-order valence-corrected chi connectivity index (χ1v) is 6.58. The molecule has 1 saturated heterocycles. The number of hydrogen-bond donors (Lipinski definition) is 0. The highest BCUT2D eigenvalue weighted by Gasteiger charge is 2.30. The molecule has 0 aromatic carbocycles. The largest absolute Gasteiger partial charge is 0.360 e. The van der Waals surface area contributed by atoms with Gasteiger partial charge in [-0.05, 0) is 25.8 Å². The zero-order valence-electron chi connectivity index (χ0n) is 11.4. The topological polar surface area (TPSA) is 36.4 Å². The Kier molecular flexibility index (Phi) is 3.84. The van der Waals surface area contributed by atoms with E-state index >= 15 is 0 Å². The van der Waals surface area contributed by atoms with E-state index in [9.17, 15) is 4.79 Å². The molecule has 0 radical (unpaired) electrons. The molecule has 1 atom stereocenters. The van der Waals surface area contributed by atoms with Gasteiger partial charge in [-0.3, -0.25) is 4.79 Å². The van der Waals surface area contributed by atoms with Crippen LogP contribution in [-0.4, -0.2) is 35.9 Å². The van der Waals surface area contributed by atoms with E-state index < -0.39 is 0 Å². The van der Waals surface area contributed by atoms with Crippen molar-refractivity contribution in [1.29, 1.82) is 0 Å². The summed E-state index contributed by atoms with van der Waals surface area (Å²) in [5.41, 5.74) is 1.18. The Morgan fingerprint density at radius 1 is 1.61 bits per heavy atom. The van der Waals surface area contributed by atoms with Crippen molar-refractivity contribution >= 4 is 11.7 Å². The van der Waals surface area contributed by atoms with Crippen LogP contribution < -0.4 is 4.90 Å². The molecular weight excluding hydrogens is 226 g/mol. The van der Waals surface area contributed by atoms with E-state index in [1.54, 1.807) is 6.92 Å². The first-order valence-electron chi connectivity index (χ1n) is 6.58. The Morgan fingerprint density at radius 3 is 3.06 bits per heavy atom. The van der Waals surface area contributed by atoms with E-state index in [1.165, 1.54) is 5.56 Å². The lowest BCUT2D eigenvalue weighted by Crippen LogP contribution is -2.30. The van der Waals surface area contributed by atoms with E-state index in [-0.39, 0.29) is 11.9 Å². The van der Waals surface area contributed by atoms with E-state index in [0.29, 0.717) is 0 Å². The van der Waals surface area contributed by atoms with Gasteiger partial charge in [-0.1, -0.05) is 6.07 Å². The van der Waals surface area contributed by atoms with Gasteiger partial charge in [-0.25, -0.2) is 4.98 Å². The van der Waals surface area contributed by atoms with Crippen molar-refractivity contribution < 1.29 is 4.79 Å². The van der Waals surface area contributed by atoms with E-state index in [2.05, 4.69) is 22.9 Å². The van der Waals surface area contributed by atoms with Gasteiger partial charge in [-0.15, -0.1) is 0 Å². The molecule has 0 N–H and O–H groups in total. The van der Waals surface area contributed by atoms with Gasteiger partial charge in [0.05, 0.1) is 6.04 Å². The Balaban J connectivity index is 2.35. The van der Waals surface area contributed by atoms with Crippen LogP contribution in [-0.2, 0) is 4.79 Å². The molecule has 98 valence electrons. The predicted octanol–water partition coefficient (Wildman–Crippen LogP) is 2.22. The summed E-state index contributed by atoms with van der Waals surface area (Å²) in [5, 5.41) is 0. The minimum atomic E-state index is 0.159. The molecule has 1 aliphatic heterocycles. The Hall–Kier alpha value is -1.58. The maximum absolute atomic E-state index is 11.7. The minimum Gasteiger partial charge on any atom is -0.360 e. The van der Waals surface area contributed by atoms with Gasteiger partial charge in [0, 0.05) is 38.8 Å². The van der Waals surface area contributed by atoms with Crippen LogP contribution in [0.4, 0.5) is 5.82 Å². The van der Waals surface area contributed by atoms with Crippen molar-refractivity contribution in [3.63, 3.8) is 0 Å². The van der Waals surface area contributed by atoms with Crippen LogP contribution in [0.1, 0.15) is 38.3 Å². The highest BCUT2D eigenvalue weighted by Crippen LogP contribution is 2.35. The zero-order chi connectivity index (χ0) is 13.1. The van der Waals surface area contributed by atoms with Crippen LogP contribution in [0, 0.1) is 0 Å². The summed E-state index contributed by atoms with van der Waals surface area (Å²) in [4.78, 5) is 20.2. The predicted molar refractivity (Wildman–Crippen MR) is 72.5 cm³/mol. The number of carbonyl (C=O) groups excluding carboxylic acids is 1. The molecule has 0 bridgehead atoms. The van der Waals surface area contributed by atoms with Crippen LogP contribution in [0.15, 0.2) is 18.3 Å². The average Bonchev–Trinajstić information content (AvgIpc) is 2.87. The zero-order valence-corrected chi connectivity index (χ0v) is 11.4. The summed E-state index contributed by atoms with van der Waals surface area (Å²) in [5.74, 6) is 1.16. The van der Waals surface area contributed by atoms with Crippen LogP contribution in [0.25, 0.3) is 0 Å². The standard InChI is InChI=1S/C14H21N3O/c1-4-16(3)14-12(7-5-9-15-14)13-8-6-10-17(13)11(2)18/h5,7,9,13H,4,6,8,10H2,1-3H3. The number of amides is 1. The van der Waals surface area contributed by atoms with Gasteiger partial charge >= 0.3 is 0 Å². The van der Waals surface area contributed by atoms with E-state index in [4.69, 9.17) is 0 Å². The third kappa shape index (κ3) is 2.33. The normalized spacial score (nSPS) is 19.1. The third-order valence-electron chi connectivity index (χ3n) is 3.67. The lowest BCUT2D eigenvalue weighted by atomic mass is 10.0. The molecule has 0 saturated carbocycles. The minimum absolute atomic E-state index is 0.159. The molecule has 18 heavy (non-hydrogen) atoms. The summed E-state index contributed by atoms with van der Waals surface area (Å²) >= 11 is 0. The maximum atomic E-state index is 11.7. The quantitative estimate of drug-likeness (QED) is 0.821. The molecule has 1 fully saturated rings. The van der Waals surface area contributed by atoms with Crippen molar-refractivity contribution in [3.8, 4) is 0 Å². The van der Waals surface area contributed by atoms with Gasteiger partial charge in [0.2, 0.25) is 5.91 Å². The van der Waals surface area contributed by atoms with Crippen molar-refractivity contribution in [2.24, 2.45) is 0 Å². The molecule has 1 aromatic rings. The highest BCUT2D eigenvalue weighted by atomic mass is 16.2. The smallest absolute Gasteiger partial charge is 0.219 e. The highest BCUT2D eigenvalue weighted by molar-refractivity contribution is 5.74. The van der Waals surface area contributed by atoms with Gasteiger partial charge in [-0.2, -0.15) is 0 Å². The fraction of sp³-hybridized carbons (Fsp3) is 0.571. The molecule has 0 spiro atoms. The van der Waals surface area contributed by atoms with Gasteiger partial charge in [0.15, 0.2) is 0 Å². The van der Waals surface area contributed by atoms with E-state index in [1.807, 2.05) is 24.2 Å². The van der Waals surface area contributed by atoms with Crippen LogP contribution in [0.2, 0.25) is 0 Å². The summed E-state index contributed by atoms with van der Waals surface area (Å²) in [6, 6.07) is 4.25. The molecule has 1 aliphatic rings. The third-order valence-corrected chi connectivity index (χ3v) is 3.67. The summed E-state index contributed by atoms with van der Waals surface area (Å²) in [6.45, 7) is 5.54. The number of anilines is 1. The van der Waals surface area contributed by atoms with Crippen LogP contribution >= 0.6 is 0 Å². The molecule has 1 amide bonds. The number of aromatic nitrogens is 1. The molecular formula is C14H21N3O. The Labute approximate surface area is 109 Å². The number of hydrogen-bond acceptors (Lipinski definition) is 3. The Bertz CT molecular complexity index is 433. The first kappa shape index (κ1) is 12.9. The molecule has 1 aromatic heterocycles. The number of pyridine rings is 1. The summed E-state index contributed by atoms with van der Waals surface area (Å²) < 4.78 is 0. The van der Waals surface area contributed by atoms with E-state index in [0.717, 1.165) is 31.7 Å². The van der Waals surface area contributed by atoms with Crippen molar-refractivity contribution in [1.82, 2.24) is 9.88 Å². The summed E-state index contributed by atoms with van der Waals surface area (Å²) in [7, 11) is 2.04. The Morgan fingerprint density at radius 2 is 2.39 bits per heavy atom. The first-order chi connectivity index (χ1) is 8.65. The number of nitrogens with zero attached hydrogens (tertiary/aromatic N) is 3. The van der Waals surface area contributed by atoms with Gasteiger partial charge < -0.3 is 9.80 Å². The average molecular weight is 247 g/mol. The molecule has 2 heterocycles. The number of likely N-dealkylation sites (tertiary alicyclic amines) is 1. The van der Waals surface area contributed by atoms with Crippen molar-refractivity contribution in [2.75, 3.05) is 25.0 Å². The second kappa shape index (κ2) is 5.38. The van der Waals surface area contributed by atoms with Gasteiger partial charge in [0.1, 0.15) is 5.82 Å². The second-order valence-corrected chi connectivity index (χ2v) is 4.80. The molecule has 1 unspecified atom stereocenters. The fourth-order valence-electron chi connectivity index (χ4n) is 2.61. The van der Waals surface area contributed by atoms with Crippen LogP contribution in [0.5, 0.6) is 0 Å². The molecule has 4 heteroatoms. The van der Waals surface area contributed by atoms with Crippen molar-refractivity contribution in [2.45, 2.75) is 32.7 Å². The summed E-state index contributed by atoms with van der Waals surface area (Å²) in [6.07, 6.45) is 3.93. The van der Waals surface area contributed by atoms with Gasteiger partial charge in [0.25, 0.3) is 0 Å². The van der Waals surface area contributed by atoms with Crippen molar-refractivity contribution in [3.05, 3.63) is 23.9 Å². The molecule has 4 nitrogen and oxygen atoms in total. The lowest BCUT2D eigenvalue weighted by molar-refractivity contribution is -0.129. The number of carbonyl (C=O) groups is 1. The molecule has 0 aliphatic carbocycles. The second-order valence-electron chi connectivity index (χ2n) is 4.80.